The quantitative estimate of drug-likeness (QED) is 0.752. The van der Waals surface area contributed by atoms with E-state index in [0.29, 0.717) is 18.0 Å². The molecule has 19 heavy (non-hydrogen) atoms. The number of aromatic hydroxyl groups is 1. The van der Waals surface area contributed by atoms with E-state index in [1.165, 1.54) is 21.3 Å². The number of carbonyl (C=O) groups excluding carboxylic acids is 1. The minimum absolute atomic E-state index is 0.0465. The molecule has 6 heteroatoms. The number of phenols is 1. The lowest BCUT2D eigenvalue weighted by molar-refractivity contribution is -0.142. The smallest absolute Gasteiger partial charge is 0.322 e. The summed E-state index contributed by atoms with van der Waals surface area (Å²) in [5.41, 5.74) is 0.822. The third kappa shape index (κ3) is 3.75. The van der Waals surface area contributed by atoms with Crippen LogP contribution in [0.25, 0.3) is 0 Å². The first kappa shape index (κ1) is 15.1. The van der Waals surface area contributed by atoms with E-state index in [0.717, 1.165) is 5.56 Å². The standard InChI is InChI=1S/C13H19NO5/c1-8(13(16)19-4)14-7-9-5-10(17-2)12(15)11(6-9)18-3/h5-6,8,14-15H,7H2,1-4H3/t8-/m0/s1. The van der Waals surface area contributed by atoms with Crippen LogP contribution in [0.1, 0.15) is 12.5 Å². The van der Waals surface area contributed by atoms with Crippen LogP contribution in [0.2, 0.25) is 0 Å². The van der Waals surface area contributed by atoms with Gasteiger partial charge in [0.25, 0.3) is 0 Å². The molecule has 0 saturated heterocycles. The third-order valence-corrected chi connectivity index (χ3v) is 2.71. The van der Waals surface area contributed by atoms with Crippen molar-refractivity contribution in [2.45, 2.75) is 19.5 Å². The molecule has 1 aromatic carbocycles. The number of ether oxygens (including phenoxy) is 3. The monoisotopic (exact) mass is 269 g/mol. The molecule has 0 aliphatic carbocycles. The van der Waals surface area contributed by atoms with Crippen LogP contribution in [-0.2, 0) is 16.1 Å². The zero-order chi connectivity index (χ0) is 14.4. The SMILES string of the molecule is COC(=O)[C@H](C)NCc1cc(OC)c(O)c(OC)c1. The molecule has 0 saturated carbocycles. The predicted octanol–water partition coefficient (Wildman–Crippen LogP) is 1.06. The molecular weight excluding hydrogens is 250 g/mol. The molecule has 1 rings (SSSR count). The minimum atomic E-state index is -0.421. The highest BCUT2D eigenvalue weighted by Crippen LogP contribution is 2.36. The summed E-state index contributed by atoms with van der Waals surface area (Å²) in [6.07, 6.45) is 0. The summed E-state index contributed by atoms with van der Waals surface area (Å²) in [5.74, 6) is 0.260. The lowest BCUT2D eigenvalue weighted by Gasteiger charge is -2.14. The van der Waals surface area contributed by atoms with Gasteiger partial charge in [-0.05, 0) is 24.6 Å². The number of nitrogens with one attached hydrogen (secondary N) is 1. The molecule has 0 aliphatic heterocycles. The Hall–Kier alpha value is -1.95. The van der Waals surface area contributed by atoms with Crippen molar-refractivity contribution in [3.63, 3.8) is 0 Å². The molecular formula is C13H19NO5. The predicted molar refractivity (Wildman–Crippen MR) is 69.5 cm³/mol. The maximum absolute atomic E-state index is 11.3. The van der Waals surface area contributed by atoms with Gasteiger partial charge in [0.1, 0.15) is 6.04 Å². The maximum atomic E-state index is 11.3. The Balaban J connectivity index is 2.81. The number of phenolic OH excluding ortho intramolecular Hbond substituents is 1. The van der Waals surface area contributed by atoms with Crippen molar-refractivity contribution in [1.82, 2.24) is 5.32 Å². The fraction of sp³-hybridized carbons (Fsp3) is 0.462. The second-order valence-corrected chi connectivity index (χ2v) is 3.97. The molecule has 0 heterocycles. The van der Waals surface area contributed by atoms with Gasteiger partial charge >= 0.3 is 5.97 Å². The molecule has 0 aliphatic rings. The molecule has 2 N–H and O–H groups in total. The van der Waals surface area contributed by atoms with Gasteiger partial charge in [-0.3, -0.25) is 4.79 Å². The molecule has 0 spiro atoms. The lowest BCUT2D eigenvalue weighted by Crippen LogP contribution is -2.34. The third-order valence-electron chi connectivity index (χ3n) is 2.71. The van der Waals surface area contributed by atoms with Crippen LogP contribution >= 0.6 is 0 Å². The number of hydrogen-bond donors (Lipinski definition) is 2. The Morgan fingerprint density at radius 3 is 2.21 bits per heavy atom. The second kappa shape index (κ2) is 6.84. The zero-order valence-electron chi connectivity index (χ0n) is 11.5. The highest BCUT2D eigenvalue weighted by Gasteiger charge is 2.14. The lowest BCUT2D eigenvalue weighted by atomic mass is 10.1. The molecule has 106 valence electrons. The molecule has 0 unspecified atom stereocenters. The Morgan fingerprint density at radius 2 is 1.79 bits per heavy atom. The normalized spacial score (nSPS) is 11.8. The fourth-order valence-electron chi connectivity index (χ4n) is 1.58. The van der Waals surface area contributed by atoms with E-state index in [9.17, 15) is 9.90 Å². The van der Waals surface area contributed by atoms with E-state index in [4.69, 9.17) is 9.47 Å². The topological polar surface area (TPSA) is 77.0 Å². The van der Waals surface area contributed by atoms with Gasteiger partial charge in [0.2, 0.25) is 5.75 Å². The molecule has 0 bridgehead atoms. The Bertz CT molecular complexity index is 422. The average molecular weight is 269 g/mol. The van der Waals surface area contributed by atoms with Crippen molar-refractivity contribution in [2.24, 2.45) is 0 Å². The van der Waals surface area contributed by atoms with E-state index in [-0.39, 0.29) is 11.7 Å². The van der Waals surface area contributed by atoms with E-state index in [1.54, 1.807) is 19.1 Å². The van der Waals surface area contributed by atoms with Gasteiger partial charge in [0.15, 0.2) is 11.5 Å². The van der Waals surface area contributed by atoms with Crippen LogP contribution in [0.5, 0.6) is 17.2 Å². The Labute approximate surface area is 112 Å². The Kier molecular flexibility index (Phi) is 5.44. The van der Waals surface area contributed by atoms with Crippen LogP contribution in [-0.4, -0.2) is 38.4 Å². The van der Waals surface area contributed by atoms with E-state index in [1.807, 2.05) is 0 Å². The van der Waals surface area contributed by atoms with Crippen LogP contribution < -0.4 is 14.8 Å². The molecule has 0 aromatic heterocycles. The largest absolute Gasteiger partial charge is 0.502 e. The summed E-state index contributed by atoms with van der Waals surface area (Å²) in [6, 6.07) is 2.93. The number of carbonyl (C=O) groups is 1. The van der Waals surface area contributed by atoms with Crippen molar-refractivity contribution in [3.8, 4) is 17.2 Å². The van der Waals surface area contributed by atoms with Crippen LogP contribution in [0.15, 0.2) is 12.1 Å². The first-order valence-electron chi connectivity index (χ1n) is 5.78. The number of benzene rings is 1. The van der Waals surface area contributed by atoms with Gasteiger partial charge in [0, 0.05) is 6.54 Å². The molecule has 1 atom stereocenters. The minimum Gasteiger partial charge on any atom is -0.502 e. The highest BCUT2D eigenvalue weighted by atomic mass is 16.5. The molecule has 0 fully saturated rings. The fourth-order valence-corrected chi connectivity index (χ4v) is 1.58. The first-order valence-corrected chi connectivity index (χ1v) is 5.78. The van der Waals surface area contributed by atoms with E-state index < -0.39 is 6.04 Å². The van der Waals surface area contributed by atoms with Gasteiger partial charge < -0.3 is 24.6 Å². The van der Waals surface area contributed by atoms with Crippen molar-refractivity contribution in [3.05, 3.63) is 17.7 Å². The van der Waals surface area contributed by atoms with Gasteiger partial charge in [-0.25, -0.2) is 0 Å². The van der Waals surface area contributed by atoms with Gasteiger partial charge in [-0.2, -0.15) is 0 Å². The van der Waals surface area contributed by atoms with Crippen LogP contribution in [0.3, 0.4) is 0 Å². The zero-order valence-corrected chi connectivity index (χ0v) is 11.5. The Morgan fingerprint density at radius 1 is 1.26 bits per heavy atom. The molecule has 1 aromatic rings. The van der Waals surface area contributed by atoms with Crippen molar-refractivity contribution in [2.75, 3.05) is 21.3 Å². The summed E-state index contributed by atoms with van der Waals surface area (Å²) in [5, 5.41) is 12.8. The van der Waals surface area contributed by atoms with Crippen molar-refractivity contribution < 1.29 is 24.1 Å². The summed E-state index contributed by atoms with van der Waals surface area (Å²) >= 11 is 0. The maximum Gasteiger partial charge on any atom is 0.322 e. The number of hydrogen-bond acceptors (Lipinski definition) is 6. The van der Waals surface area contributed by atoms with Gasteiger partial charge in [0.05, 0.1) is 21.3 Å². The highest BCUT2D eigenvalue weighted by molar-refractivity contribution is 5.75. The van der Waals surface area contributed by atoms with Gasteiger partial charge in [-0.15, -0.1) is 0 Å². The second-order valence-electron chi connectivity index (χ2n) is 3.97. The summed E-state index contributed by atoms with van der Waals surface area (Å²) in [6.45, 7) is 2.13. The number of methoxy groups -OCH3 is 3. The number of esters is 1. The van der Waals surface area contributed by atoms with E-state index >= 15 is 0 Å². The average Bonchev–Trinajstić information content (AvgIpc) is 2.44. The number of rotatable bonds is 6. The summed E-state index contributed by atoms with van der Waals surface area (Å²) in [4.78, 5) is 11.3. The summed E-state index contributed by atoms with van der Waals surface area (Å²) < 4.78 is 14.7. The van der Waals surface area contributed by atoms with Crippen LogP contribution in [0, 0.1) is 0 Å². The summed E-state index contributed by atoms with van der Waals surface area (Å²) in [7, 11) is 4.26. The van der Waals surface area contributed by atoms with E-state index in [2.05, 4.69) is 10.1 Å². The molecule has 6 nitrogen and oxygen atoms in total. The first-order chi connectivity index (χ1) is 9.03. The molecule has 0 amide bonds. The van der Waals surface area contributed by atoms with Gasteiger partial charge in [-0.1, -0.05) is 0 Å². The van der Waals surface area contributed by atoms with Crippen molar-refractivity contribution >= 4 is 5.97 Å². The van der Waals surface area contributed by atoms with Crippen molar-refractivity contribution in [1.29, 1.82) is 0 Å². The molecule has 0 radical (unpaired) electrons. The van der Waals surface area contributed by atoms with Crippen LogP contribution in [0.4, 0.5) is 0 Å².